The van der Waals surface area contributed by atoms with Gasteiger partial charge < -0.3 is 30.7 Å². The SMILES string of the molecule is NCCNC(=O)c1ccc2c(c1)C1(OC2=O)c2ccc(O)cc2Oc2cc(O)ccc21. The summed E-state index contributed by atoms with van der Waals surface area (Å²) in [7, 11) is 0. The van der Waals surface area contributed by atoms with Crippen LogP contribution >= 0.6 is 0 Å². The molecule has 156 valence electrons. The van der Waals surface area contributed by atoms with Crippen molar-refractivity contribution in [3.05, 3.63) is 82.4 Å². The van der Waals surface area contributed by atoms with Crippen molar-refractivity contribution in [2.75, 3.05) is 13.1 Å². The van der Waals surface area contributed by atoms with Crippen LogP contribution in [-0.2, 0) is 10.3 Å². The molecule has 0 radical (unpaired) electrons. The first-order chi connectivity index (χ1) is 14.9. The van der Waals surface area contributed by atoms with Crippen molar-refractivity contribution in [1.82, 2.24) is 5.32 Å². The molecule has 0 unspecified atom stereocenters. The quantitative estimate of drug-likeness (QED) is 0.480. The Bertz CT molecular complexity index is 1200. The van der Waals surface area contributed by atoms with Gasteiger partial charge in [0.05, 0.1) is 5.56 Å². The molecule has 8 nitrogen and oxygen atoms in total. The van der Waals surface area contributed by atoms with Gasteiger partial charge in [-0.05, 0) is 42.5 Å². The number of rotatable bonds is 3. The molecule has 0 fully saturated rings. The zero-order valence-corrected chi connectivity index (χ0v) is 16.2. The lowest BCUT2D eigenvalue weighted by atomic mass is 9.77. The van der Waals surface area contributed by atoms with Crippen LogP contribution in [0.4, 0.5) is 0 Å². The number of nitrogens with two attached hydrogens (primary N) is 1. The smallest absolute Gasteiger partial charge is 0.340 e. The van der Waals surface area contributed by atoms with E-state index in [0.717, 1.165) is 0 Å². The highest BCUT2D eigenvalue weighted by Gasteiger charge is 2.53. The molecule has 2 heterocycles. The van der Waals surface area contributed by atoms with Crippen LogP contribution in [0.1, 0.15) is 37.4 Å². The fraction of sp³-hybridized carbons (Fsp3) is 0.130. The number of amides is 1. The zero-order valence-electron chi connectivity index (χ0n) is 16.2. The summed E-state index contributed by atoms with van der Waals surface area (Å²) in [6.45, 7) is 0.613. The Morgan fingerprint density at radius 3 is 2.19 bits per heavy atom. The van der Waals surface area contributed by atoms with Gasteiger partial charge in [-0.1, -0.05) is 0 Å². The number of carbonyl (C=O) groups is 2. The maximum atomic E-state index is 12.9. The van der Waals surface area contributed by atoms with Crippen molar-refractivity contribution in [2.45, 2.75) is 5.60 Å². The predicted octanol–water partition coefficient (Wildman–Crippen LogP) is 2.35. The van der Waals surface area contributed by atoms with Gasteiger partial charge in [-0.15, -0.1) is 0 Å². The second-order valence-electron chi connectivity index (χ2n) is 7.34. The Balaban J connectivity index is 1.78. The number of aromatic hydroxyl groups is 2. The first-order valence-corrected chi connectivity index (χ1v) is 9.65. The minimum Gasteiger partial charge on any atom is -0.508 e. The molecule has 5 N–H and O–H groups in total. The van der Waals surface area contributed by atoms with Crippen molar-refractivity contribution in [1.29, 1.82) is 0 Å². The molecular formula is C23H18N2O6. The molecule has 2 aliphatic heterocycles. The summed E-state index contributed by atoms with van der Waals surface area (Å²) in [5.74, 6) is -0.391. The number of benzene rings is 3. The normalized spacial score (nSPS) is 14.8. The minimum absolute atomic E-state index is 0.0306. The lowest BCUT2D eigenvalue weighted by Crippen LogP contribution is -2.33. The number of hydrogen-bond acceptors (Lipinski definition) is 7. The number of hydrogen-bond donors (Lipinski definition) is 4. The van der Waals surface area contributed by atoms with Gasteiger partial charge in [-0.2, -0.15) is 0 Å². The summed E-state index contributed by atoms with van der Waals surface area (Å²) in [6.07, 6.45) is 0. The maximum Gasteiger partial charge on any atom is 0.340 e. The predicted molar refractivity (Wildman–Crippen MR) is 109 cm³/mol. The summed E-state index contributed by atoms with van der Waals surface area (Å²) < 4.78 is 11.9. The van der Waals surface area contributed by atoms with Crippen LogP contribution in [0.3, 0.4) is 0 Å². The van der Waals surface area contributed by atoms with E-state index < -0.39 is 11.6 Å². The molecule has 31 heavy (non-hydrogen) atoms. The largest absolute Gasteiger partial charge is 0.508 e. The maximum absolute atomic E-state index is 12.9. The van der Waals surface area contributed by atoms with Crippen LogP contribution in [0.2, 0.25) is 0 Å². The first kappa shape index (κ1) is 19.0. The minimum atomic E-state index is -1.40. The number of esters is 1. The lowest BCUT2D eigenvalue weighted by Gasteiger charge is -2.36. The summed E-state index contributed by atoms with van der Waals surface area (Å²) in [6, 6.07) is 13.7. The molecule has 0 saturated carbocycles. The Morgan fingerprint density at radius 2 is 1.58 bits per heavy atom. The van der Waals surface area contributed by atoms with Crippen LogP contribution in [0.15, 0.2) is 54.6 Å². The van der Waals surface area contributed by atoms with E-state index in [0.29, 0.717) is 40.9 Å². The highest BCUT2D eigenvalue weighted by atomic mass is 16.6. The highest BCUT2D eigenvalue weighted by Crippen LogP contribution is 2.57. The molecule has 0 saturated heterocycles. The van der Waals surface area contributed by atoms with E-state index in [4.69, 9.17) is 15.2 Å². The topological polar surface area (TPSA) is 131 Å². The fourth-order valence-corrected chi connectivity index (χ4v) is 4.13. The van der Waals surface area contributed by atoms with E-state index >= 15 is 0 Å². The summed E-state index contributed by atoms with van der Waals surface area (Å²) in [5, 5.41) is 22.7. The van der Waals surface area contributed by atoms with Crippen molar-refractivity contribution in [2.24, 2.45) is 5.73 Å². The second kappa shape index (κ2) is 6.75. The van der Waals surface area contributed by atoms with E-state index in [9.17, 15) is 19.8 Å². The summed E-state index contributed by atoms with van der Waals surface area (Å²) in [4.78, 5) is 25.4. The number of nitrogens with one attached hydrogen (secondary N) is 1. The van der Waals surface area contributed by atoms with E-state index in [2.05, 4.69) is 5.32 Å². The van der Waals surface area contributed by atoms with Gasteiger partial charge in [-0.3, -0.25) is 4.79 Å². The molecular weight excluding hydrogens is 400 g/mol. The Morgan fingerprint density at radius 1 is 0.935 bits per heavy atom. The molecule has 1 amide bonds. The van der Waals surface area contributed by atoms with Gasteiger partial charge in [0.15, 0.2) is 5.60 Å². The number of carbonyl (C=O) groups excluding carboxylic acids is 2. The number of phenols is 2. The third-order valence-corrected chi connectivity index (χ3v) is 5.47. The van der Waals surface area contributed by atoms with Crippen LogP contribution in [0.5, 0.6) is 23.0 Å². The molecule has 8 heteroatoms. The van der Waals surface area contributed by atoms with Gasteiger partial charge in [0, 0.05) is 47.5 Å². The number of fused-ring (bicyclic) bond motifs is 6. The lowest BCUT2D eigenvalue weighted by molar-refractivity contribution is 0.0224. The van der Waals surface area contributed by atoms with Crippen LogP contribution in [0, 0.1) is 0 Å². The highest BCUT2D eigenvalue weighted by molar-refractivity contribution is 6.00. The monoisotopic (exact) mass is 418 g/mol. The van der Waals surface area contributed by atoms with Crippen LogP contribution < -0.4 is 15.8 Å². The Kier molecular flexibility index (Phi) is 4.13. The molecule has 3 aromatic carbocycles. The van der Waals surface area contributed by atoms with Crippen molar-refractivity contribution >= 4 is 11.9 Å². The molecule has 0 aromatic heterocycles. The average molecular weight is 418 g/mol. The van der Waals surface area contributed by atoms with Crippen molar-refractivity contribution < 1.29 is 29.3 Å². The molecule has 0 bridgehead atoms. The van der Waals surface area contributed by atoms with Crippen molar-refractivity contribution in [3.8, 4) is 23.0 Å². The molecule has 0 aliphatic carbocycles. The third kappa shape index (κ3) is 2.72. The molecule has 3 aromatic rings. The first-order valence-electron chi connectivity index (χ1n) is 9.65. The van der Waals surface area contributed by atoms with Gasteiger partial charge in [0.25, 0.3) is 5.91 Å². The standard InChI is InChI=1S/C23H18N2O6/c24-7-8-25-21(28)12-1-4-15-18(9-12)23(31-22(15)29)16-5-2-13(26)10-19(16)30-20-11-14(27)3-6-17(20)23/h1-6,9-11,26-27H,7-8,24H2,(H,25,28). The van der Waals surface area contributed by atoms with E-state index in [1.807, 2.05) is 0 Å². The third-order valence-electron chi connectivity index (χ3n) is 5.47. The fourth-order valence-electron chi connectivity index (χ4n) is 4.13. The van der Waals surface area contributed by atoms with E-state index in [1.165, 1.54) is 24.3 Å². The molecule has 2 aliphatic rings. The van der Waals surface area contributed by atoms with Crippen LogP contribution in [0.25, 0.3) is 0 Å². The Labute approximate surface area is 176 Å². The summed E-state index contributed by atoms with van der Waals surface area (Å²) in [5.41, 5.74) is 6.19. The number of phenolic OH excluding ortho intramolecular Hbond substituents is 2. The molecule has 5 rings (SSSR count). The number of ether oxygens (including phenoxy) is 2. The van der Waals surface area contributed by atoms with Crippen LogP contribution in [-0.4, -0.2) is 35.2 Å². The molecule has 1 spiro atoms. The van der Waals surface area contributed by atoms with Crippen molar-refractivity contribution in [3.63, 3.8) is 0 Å². The second-order valence-corrected chi connectivity index (χ2v) is 7.34. The average Bonchev–Trinajstić information content (AvgIpc) is 3.04. The van der Waals surface area contributed by atoms with E-state index in [1.54, 1.807) is 30.3 Å². The molecule has 0 atom stereocenters. The van der Waals surface area contributed by atoms with Gasteiger partial charge in [0.1, 0.15) is 23.0 Å². The van der Waals surface area contributed by atoms with Gasteiger partial charge in [0.2, 0.25) is 0 Å². The summed E-state index contributed by atoms with van der Waals surface area (Å²) >= 11 is 0. The van der Waals surface area contributed by atoms with Gasteiger partial charge in [-0.25, -0.2) is 4.79 Å². The Hall–Kier alpha value is -4.04. The van der Waals surface area contributed by atoms with E-state index in [-0.39, 0.29) is 28.9 Å². The zero-order chi connectivity index (χ0) is 21.8. The van der Waals surface area contributed by atoms with Gasteiger partial charge >= 0.3 is 5.97 Å².